The molecule has 3 nitrogen and oxygen atoms in total. The van der Waals surface area contributed by atoms with Crippen LogP contribution >= 0.6 is 27.7 Å². The van der Waals surface area contributed by atoms with Crippen molar-refractivity contribution in [2.45, 2.75) is 31.2 Å². The van der Waals surface area contributed by atoms with Crippen LogP contribution in [0.2, 0.25) is 0 Å². The Balaban J connectivity index is 2.19. The number of anilines is 1. The van der Waals surface area contributed by atoms with E-state index in [1.807, 2.05) is 23.9 Å². The number of hydrogen-bond acceptors (Lipinski definition) is 3. The van der Waals surface area contributed by atoms with Crippen LogP contribution in [-0.2, 0) is 4.79 Å². The highest BCUT2D eigenvalue weighted by Gasteiger charge is 2.28. The predicted molar refractivity (Wildman–Crippen MR) is 79.9 cm³/mol. The number of carbonyl (C=O) groups excluding carboxylic acids is 1. The quantitative estimate of drug-likeness (QED) is 0.831. The van der Waals surface area contributed by atoms with Gasteiger partial charge in [-0.05, 0) is 34.0 Å². The van der Waals surface area contributed by atoms with E-state index in [4.69, 9.17) is 5.73 Å². The summed E-state index contributed by atoms with van der Waals surface area (Å²) in [5, 5.41) is 2.82. The average molecular weight is 329 g/mol. The van der Waals surface area contributed by atoms with Crippen molar-refractivity contribution in [2.24, 2.45) is 11.7 Å². The van der Waals surface area contributed by atoms with Gasteiger partial charge >= 0.3 is 0 Å². The molecule has 98 valence electrons. The topological polar surface area (TPSA) is 55.1 Å². The molecule has 1 aromatic carbocycles. The predicted octanol–water partition coefficient (Wildman–Crippen LogP) is 3.54. The van der Waals surface area contributed by atoms with E-state index in [1.54, 1.807) is 0 Å². The number of amides is 1. The number of rotatable bonds is 4. The lowest BCUT2D eigenvalue weighted by Crippen LogP contribution is -2.19. The summed E-state index contributed by atoms with van der Waals surface area (Å²) >= 11 is 5.36. The van der Waals surface area contributed by atoms with E-state index in [0.717, 1.165) is 26.4 Å². The second-order valence-corrected chi connectivity index (χ2v) is 6.58. The molecule has 0 aromatic heterocycles. The molecule has 1 aromatic rings. The van der Waals surface area contributed by atoms with Crippen molar-refractivity contribution in [3.05, 3.63) is 22.2 Å². The minimum absolute atomic E-state index is 0.124. The Labute approximate surface area is 120 Å². The Morgan fingerprint density at radius 3 is 2.94 bits per heavy atom. The molecule has 1 aliphatic rings. The minimum atomic E-state index is -0.537. The number of nitrogens with two attached hydrogens (primary N) is 1. The van der Waals surface area contributed by atoms with E-state index in [1.165, 1.54) is 6.42 Å². The highest BCUT2D eigenvalue weighted by molar-refractivity contribution is 9.10. The Hall–Kier alpha value is -0.520. The first-order chi connectivity index (χ1) is 8.52. The number of benzene rings is 1. The molecule has 0 saturated carbocycles. The number of halogens is 1. The summed E-state index contributed by atoms with van der Waals surface area (Å²) in [6, 6.07) is 3.43. The van der Waals surface area contributed by atoms with Crippen LogP contribution in [-0.4, -0.2) is 11.7 Å². The number of thioether (sulfide) groups is 1. The largest absolute Gasteiger partial charge is 0.324 e. The lowest BCUT2D eigenvalue weighted by atomic mass is 10.1. The summed E-state index contributed by atoms with van der Waals surface area (Å²) < 4.78 is 1.02. The standard InChI is InChI=1S/C13H17BrN2OS/c1-3-7(2)6-18-11-5-10-8(4-9(11)14)12(15)13(17)16-10/h4-5,7,12H,3,6,15H2,1-2H3,(H,16,17). The van der Waals surface area contributed by atoms with Crippen molar-refractivity contribution >= 4 is 39.3 Å². The van der Waals surface area contributed by atoms with Gasteiger partial charge in [-0.1, -0.05) is 20.3 Å². The first-order valence-electron chi connectivity index (χ1n) is 6.05. The molecular formula is C13H17BrN2OS. The van der Waals surface area contributed by atoms with E-state index in [-0.39, 0.29) is 5.91 Å². The van der Waals surface area contributed by atoms with Gasteiger partial charge < -0.3 is 11.1 Å². The lowest BCUT2D eigenvalue weighted by molar-refractivity contribution is -0.116. The van der Waals surface area contributed by atoms with Gasteiger partial charge in [0.1, 0.15) is 6.04 Å². The summed E-state index contributed by atoms with van der Waals surface area (Å²) in [5.41, 5.74) is 7.54. The molecule has 2 rings (SSSR count). The van der Waals surface area contributed by atoms with Crippen LogP contribution in [0.5, 0.6) is 0 Å². The molecule has 18 heavy (non-hydrogen) atoms. The molecule has 0 spiro atoms. The fraction of sp³-hybridized carbons (Fsp3) is 0.462. The highest BCUT2D eigenvalue weighted by Crippen LogP contribution is 2.38. The molecule has 2 unspecified atom stereocenters. The van der Waals surface area contributed by atoms with Crippen molar-refractivity contribution < 1.29 is 4.79 Å². The maximum Gasteiger partial charge on any atom is 0.245 e. The third-order valence-corrected chi connectivity index (χ3v) is 5.50. The molecule has 0 aliphatic carbocycles. The van der Waals surface area contributed by atoms with E-state index >= 15 is 0 Å². The summed E-state index contributed by atoms with van der Waals surface area (Å²) in [6.07, 6.45) is 1.18. The van der Waals surface area contributed by atoms with Crippen LogP contribution in [0.25, 0.3) is 0 Å². The van der Waals surface area contributed by atoms with Crippen LogP contribution in [0.1, 0.15) is 31.9 Å². The molecule has 5 heteroatoms. The van der Waals surface area contributed by atoms with Crippen molar-refractivity contribution in [3.63, 3.8) is 0 Å². The first kappa shape index (κ1) is 13.9. The molecule has 0 saturated heterocycles. The number of hydrogen-bond donors (Lipinski definition) is 2. The molecule has 0 fully saturated rings. The molecule has 0 bridgehead atoms. The Kier molecular flexibility index (Phi) is 4.35. The van der Waals surface area contributed by atoms with Gasteiger partial charge in [0.15, 0.2) is 0 Å². The molecule has 1 heterocycles. The molecule has 0 radical (unpaired) electrons. The summed E-state index contributed by atoms with van der Waals surface area (Å²) in [7, 11) is 0. The second kappa shape index (κ2) is 5.63. The molecular weight excluding hydrogens is 312 g/mol. The third-order valence-electron chi connectivity index (χ3n) is 3.20. The van der Waals surface area contributed by atoms with E-state index in [9.17, 15) is 4.79 Å². The van der Waals surface area contributed by atoms with Gasteiger partial charge in [-0.2, -0.15) is 0 Å². The smallest absolute Gasteiger partial charge is 0.245 e. The van der Waals surface area contributed by atoms with Gasteiger partial charge in [0, 0.05) is 26.4 Å². The molecule has 1 amide bonds. The number of fused-ring (bicyclic) bond motifs is 1. The van der Waals surface area contributed by atoms with Crippen LogP contribution in [0.15, 0.2) is 21.5 Å². The maximum atomic E-state index is 11.5. The van der Waals surface area contributed by atoms with Crippen molar-refractivity contribution in [2.75, 3.05) is 11.1 Å². The molecule has 1 aliphatic heterocycles. The zero-order chi connectivity index (χ0) is 13.3. The first-order valence-corrected chi connectivity index (χ1v) is 7.83. The highest BCUT2D eigenvalue weighted by atomic mass is 79.9. The fourth-order valence-corrected chi connectivity index (χ4v) is 3.55. The van der Waals surface area contributed by atoms with Gasteiger partial charge in [-0.25, -0.2) is 0 Å². The molecule has 2 atom stereocenters. The van der Waals surface area contributed by atoms with Gasteiger partial charge in [0.2, 0.25) is 5.91 Å². The lowest BCUT2D eigenvalue weighted by Gasteiger charge is -2.11. The summed E-state index contributed by atoms with van der Waals surface area (Å²) in [4.78, 5) is 12.7. The average Bonchev–Trinajstić information content (AvgIpc) is 2.62. The van der Waals surface area contributed by atoms with Gasteiger partial charge in [-0.3, -0.25) is 4.79 Å². The van der Waals surface area contributed by atoms with Crippen molar-refractivity contribution in [1.82, 2.24) is 0 Å². The van der Waals surface area contributed by atoms with E-state index in [2.05, 4.69) is 35.1 Å². The Bertz CT molecular complexity index is 478. The fourth-order valence-electron chi connectivity index (χ4n) is 1.75. The zero-order valence-corrected chi connectivity index (χ0v) is 12.9. The molecule has 3 N–H and O–H groups in total. The van der Waals surface area contributed by atoms with Gasteiger partial charge in [0.25, 0.3) is 0 Å². The maximum absolute atomic E-state index is 11.5. The summed E-state index contributed by atoms with van der Waals surface area (Å²) in [5.74, 6) is 1.64. The van der Waals surface area contributed by atoms with Crippen molar-refractivity contribution in [1.29, 1.82) is 0 Å². The minimum Gasteiger partial charge on any atom is -0.324 e. The van der Waals surface area contributed by atoms with Crippen LogP contribution < -0.4 is 11.1 Å². The third kappa shape index (κ3) is 2.73. The van der Waals surface area contributed by atoms with Crippen molar-refractivity contribution in [3.8, 4) is 0 Å². The van der Waals surface area contributed by atoms with E-state index < -0.39 is 6.04 Å². The summed E-state index contributed by atoms with van der Waals surface area (Å²) in [6.45, 7) is 4.44. The second-order valence-electron chi connectivity index (χ2n) is 4.66. The normalized spacial score (nSPS) is 19.6. The number of nitrogens with one attached hydrogen (secondary N) is 1. The number of carbonyl (C=O) groups is 1. The Morgan fingerprint density at radius 1 is 1.56 bits per heavy atom. The SMILES string of the molecule is CCC(C)CSc1cc2c(cc1Br)C(N)C(=O)N2. The van der Waals surface area contributed by atoms with E-state index in [0.29, 0.717) is 5.92 Å². The van der Waals surface area contributed by atoms with Crippen LogP contribution in [0, 0.1) is 5.92 Å². The monoisotopic (exact) mass is 328 g/mol. The van der Waals surface area contributed by atoms with Gasteiger partial charge in [0.05, 0.1) is 0 Å². The van der Waals surface area contributed by atoms with Crippen LogP contribution in [0.4, 0.5) is 5.69 Å². The van der Waals surface area contributed by atoms with Gasteiger partial charge in [-0.15, -0.1) is 11.8 Å². The zero-order valence-electron chi connectivity index (χ0n) is 10.5. The Morgan fingerprint density at radius 2 is 2.28 bits per heavy atom. The van der Waals surface area contributed by atoms with Crippen LogP contribution in [0.3, 0.4) is 0 Å².